The van der Waals surface area contributed by atoms with E-state index >= 15 is 0 Å². The fourth-order valence-corrected chi connectivity index (χ4v) is 3.23. The number of likely N-dealkylation sites (N-methyl/N-ethyl adjacent to an activating group) is 1. The summed E-state index contributed by atoms with van der Waals surface area (Å²) in [6, 6.07) is 4.04. The Morgan fingerprint density at radius 2 is 2.28 bits per heavy atom. The van der Waals surface area contributed by atoms with Crippen LogP contribution in [-0.4, -0.2) is 40.8 Å². The van der Waals surface area contributed by atoms with Gasteiger partial charge in [-0.05, 0) is 32.1 Å². The highest BCUT2D eigenvalue weighted by Gasteiger charge is 2.22. The third kappa shape index (κ3) is 2.04. The minimum atomic E-state index is 0.0140. The maximum Gasteiger partial charge on any atom is 0.188 e. The van der Waals surface area contributed by atoms with Crippen molar-refractivity contribution in [2.75, 3.05) is 20.1 Å². The maximum absolute atomic E-state index is 11.3. The van der Waals surface area contributed by atoms with Crippen LogP contribution in [0.1, 0.15) is 34.8 Å². The summed E-state index contributed by atoms with van der Waals surface area (Å²) in [5.41, 5.74) is 1.96. The molecular formula is C13H15N3OS. The summed E-state index contributed by atoms with van der Waals surface area (Å²) in [5.74, 6) is 0.530. The van der Waals surface area contributed by atoms with E-state index in [0.29, 0.717) is 10.9 Å². The van der Waals surface area contributed by atoms with E-state index in [4.69, 9.17) is 0 Å². The van der Waals surface area contributed by atoms with Crippen LogP contribution < -0.4 is 0 Å². The molecule has 1 atom stereocenters. The number of carbonyl (C=O) groups is 1. The largest absolute Gasteiger partial charge is 0.306 e. The van der Waals surface area contributed by atoms with Crippen molar-refractivity contribution in [3.8, 4) is 0 Å². The Hall–Kier alpha value is -1.33. The molecule has 1 fully saturated rings. The molecule has 1 aliphatic heterocycles. The molecule has 0 N–H and O–H groups in total. The molecule has 5 heteroatoms. The van der Waals surface area contributed by atoms with Gasteiger partial charge in [-0.15, -0.1) is 0 Å². The summed E-state index contributed by atoms with van der Waals surface area (Å²) in [6.45, 7) is 3.74. The van der Waals surface area contributed by atoms with E-state index in [9.17, 15) is 4.79 Å². The summed E-state index contributed by atoms with van der Waals surface area (Å²) in [7, 11) is 2.14. The van der Waals surface area contributed by atoms with Gasteiger partial charge in [-0.3, -0.25) is 4.79 Å². The molecule has 3 rings (SSSR count). The number of hydrogen-bond acceptors (Lipinski definition) is 5. The zero-order valence-electron chi connectivity index (χ0n) is 10.5. The average molecular weight is 261 g/mol. The number of Topliss-reactive ketones (excluding diaryl/α,β-unsaturated/α-hetero) is 1. The van der Waals surface area contributed by atoms with E-state index in [2.05, 4.69) is 28.0 Å². The lowest BCUT2D eigenvalue weighted by Crippen LogP contribution is -2.13. The Morgan fingerprint density at radius 1 is 1.44 bits per heavy atom. The molecule has 0 aliphatic carbocycles. The highest BCUT2D eigenvalue weighted by molar-refractivity contribution is 7.19. The van der Waals surface area contributed by atoms with Crippen LogP contribution in [0, 0.1) is 0 Å². The Balaban J connectivity index is 1.97. The number of pyridine rings is 1. The Bertz CT molecular complexity index is 607. The van der Waals surface area contributed by atoms with Crippen LogP contribution >= 0.6 is 11.3 Å². The Kier molecular flexibility index (Phi) is 2.87. The third-order valence-corrected chi connectivity index (χ3v) is 4.45. The van der Waals surface area contributed by atoms with E-state index in [1.165, 1.54) is 11.3 Å². The van der Waals surface area contributed by atoms with Crippen molar-refractivity contribution in [1.82, 2.24) is 14.9 Å². The van der Waals surface area contributed by atoms with Crippen LogP contribution in [0.25, 0.3) is 10.3 Å². The lowest BCUT2D eigenvalue weighted by atomic mass is 10.0. The van der Waals surface area contributed by atoms with Gasteiger partial charge in [-0.25, -0.2) is 9.97 Å². The molecule has 3 heterocycles. The molecule has 1 unspecified atom stereocenters. The summed E-state index contributed by atoms with van der Waals surface area (Å²) < 4.78 is 0. The minimum absolute atomic E-state index is 0.0140. The predicted octanol–water partition coefficient (Wildman–Crippen LogP) is 2.31. The smallest absolute Gasteiger partial charge is 0.188 e. The van der Waals surface area contributed by atoms with Crippen LogP contribution in [0.2, 0.25) is 0 Å². The number of thiazole rings is 1. The first-order chi connectivity index (χ1) is 8.63. The van der Waals surface area contributed by atoms with E-state index in [-0.39, 0.29) is 5.78 Å². The molecule has 0 spiro atoms. The van der Waals surface area contributed by atoms with Crippen LogP contribution in [-0.2, 0) is 0 Å². The number of ketones is 1. The second-order valence-electron chi connectivity index (χ2n) is 4.88. The molecule has 1 aliphatic rings. The topological polar surface area (TPSA) is 46.1 Å². The number of fused-ring (bicyclic) bond motifs is 1. The fourth-order valence-electron chi connectivity index (χ4n) is 2.39. The molecule has 94 valence electrons. The lowest BCUT2D eigenvalue weighted by molar-refractivity contribution is 0.101. The molecule has 0 saturated carbocycles. The average Bonchev–Trinajstić information content (AvgIpc) is 2.93. The van der Waals surface area contributed by atoms with Crippen molar-refractivity contribution in [1.29, 1.82) is 0 Å². The van der Waals surface area contributed by atoms with Gasteiger partial charge in [-0.2, -0.15) is 0 Å². The van der Waals surface area contributed by atoms with Gasteiger partial charge in [0.15, 0.2) is 10.8 Å². The molecule has 4 nitrogen and oxygen atoms in total. The molecule has 1 saturated heterocycles. The SMILES string of the molecule is CC(=O)c1nc2ccc(C3CCN(C)C3)nc2s1. The van der Waals surface area contributed by atoms with Gasteiger partial charge >= 0.3 is 0 Å². The quantitative estimate of drug-likeness (QED) is 0.778. The first-order valence-electron chi connectivity index (χ1n) is 6.10. The third-order valence-electron chi connectivity index (χ3n) is 3.39. The normalized spacial score (nSPS) is 20.7. The van der Waals surface area contributed by atoms with Crippen LogP contribution in [0.15, 0.2) is 12.1 Å². The molecule has 0 aromatic carbocycles. The molecule has 0 amide bonds. The van der Waals surface area contributed by atoms with E-state index < -0.39 is 0 Å². The second kappa shape index (κ2) is 4.40. The standard InChI is InChI=1S/C13H15N3OS/c1-8(17)12-15-11-4-3-10(14-13(11)18-12)9-5-6-16(2)7-9/h3-4,9H,5-7H2,1-2H3. The zero-order chi connectivity index (χ0) is 12.7. The van der Waals surface area contributed by atoms with Gasteiger partial charge in [0.25, 0.3) is 0 Å². The fraction of sp³-hybridized carbons (Fsp3) is 0.462. The molecule has 2 aromatic heterocycles. The summed E-state index contributed by atoms with van der Waals surface area (Å²) in [6.07, 6.45) is 1.16. The lowest BCUT2D eigenvalue weighted by Gasteiger charge is -2.09. The van der Waals surface area contributed by atoms with Crippen LogP contribution in [0.5, 0.6) is 0 Å². The van der Waals surface area contributed by atoms with E-state index in [0.717, 1.165) is 35.6 Å². The number of nitrogens with zero attached hydrogens (tertiary/aromatic N) is 3. The van der Waals surface area contributed by atoms with Crippen molar-refractivity contribution in [3.05, 3.63) is 22.8 Å². The molecule has 18 heavy (non-hydrogen) atoms. The van der Waals surface area contributed by atoms with Gasteiger partial charge in [0.1, 0.15) is 10.3 Å². The molecule has 2 aromatic rings. The Labute approximate surface area is 110 Å². The van der Waals surface area contributed by atoms with Crippen molar-refractivity contribution < 1.29 is 4.79 Å². The molecular weight excluding hydrogens is 246 g/mol. The number of aromatic nitrogens is 2. The summed E-state index contributed by atoms with van der Waals surface area (Å²) >= 11 is 1.39. The van der Waals surface area contributed by atoms with Crippen molar-refractivity contribution in [3.63, 3.8) is 0 Å². The molecule has 0 bridgehead atoms. The van der Waals surface area contributed by atoms with E-state index in [1.807, 2.05) is 6.07 Å². The summed E-state index contributed by atoms with van der Waals surface area (Å²) in [4.78, 5) is 23.5. The van der Waals surface area contributed by atoms with Gasteiger partial charge in [0, 0.05) is 25.1 Å². The minimum Gasteiger partial charge on any atom is -0.306 e. The monoisotopic (exact) mass is 261 g/mol. The highest BCUT2D eigenvalue weighted by atomic mass is 32.1. The highest BCUT2D eigenvalue weighted by Crippen LogP contribution is 2.28. The second-order valence-corrected chi connectivity index (χ2v) is 5.86. The van der Waals surface area contributed by atoms with Crippen LogP contribution in [0.4, 0.5) is 0 Å². The van der Waals surface area contributed by atoms with Crippen molar-refractivity contribution in [2.24, 2.45) is 0 Å². The van der Waals surface area contributed by atoms with Gasteiger partial charge in [0.2, 0.25) is 0 Å². The molecule has 0 radical (unpaired) electrons. The number of likely N-dealkylation sites (tertiary alicyclic amines) is 1. The summed E-state index contributed by atoms with van der Waals surface area (Å²) in [5, 5.41) is 0.554. The first kappa shape index (κ1) is 11.7. The number of carbonyl (C=O) groups excluding carboxylic acids is 1. The van der Waals surface area contributed by atoms with Gasteiger partial charge in [-0.1, -0.05) is 11.3 Å². The maximum atomic E-state index is 11.3. The Morgan fingerprint density at radius 3 is 2.94 bits per heavy atom. The number of hydrogen-bond donors (Lipinski definition) is 0. The van der Waals surface area contributed by atoms with Crippen molar-refractivity contribution in [2.45, 2.75) is 19.3 Å². The predicted molar refractivity (Wildman–Crippen MR) is 72.3 cm³/mol. The van der Waals surface area contributed by atoms with Crippen LogP contribution in [0.3, 0.4) is 0 Å². The number of rotatable bonds is 2. The zero-order valence-corrected chi connectivity index (χ0v) is 11.3. The van der Waals surface area contributed by atoms with Crippen molar-refractivity contribution >= 4 is 27.5 Å². The first-order valence-corrected chi connectivity index (χ1v) is 6.92. The van der Waals surface area contributed by atoms with Gasteiger partial charge in [0.05, 0.1) is 0 Å². The van der Waals surface area contributed by atoms with E-state index in [1.54, 1.807) is 6.92 Å². The van der Waals surface area contributed by atoms with Gasteiger partial charge < -0.3 is 4.90 Å².